The third-order valence-electron chi connectivity index (χ3n) is 3.54. The fourth-order valence-electron chi connectivity index (χ4n) is 2.39. The van der Waals surface area contributed by atoms with Crippen LogP contribution in [0.2, 0.25) is 0 Å². The lowest BCUT2D eigenvalue weighted by molar-refractivity contribution is 0.266. The molecule has 0 aliphatic carbocycles. The molecule has 1 aliphatic rings. The van der Waals surface area contributed by atoms with Crippen LogP contribution in [-0.2, 0) is 0 Å². The van der Waals surface area contributed by atoms with Crippen molar-refractivity contribution in [2.75, 3.05) is 25.0 Å². The van der Waals surface area contributed by atoms with Crippen molar-refractivity contribution in [1.29, 1.82) is 5.26 Å². The molecule has 1 saturated heterocycles. The Morgan fingerprint density at radius 3 is 3.11 bits per heavy atom. The Kier molecular flexibility index (Phi) is 4.16. The lowest BCUT2D eigenvalue weighted by atomic mass is 10.1. The molecule has 1 aliphatic heterocycles. The van der Waals surface area contributed by atoms with E-state index in [1.807, 2.05) is 12.1 Å². The Hall–Kier alpha value is -1.60. The summed E-state index contributed by atoms with van der Waals surface area (Å²) in [5.74, 6) is 0.666. The third-order valence-corrected chi connectivity index (χ3v) is 3.54. The molecule has 1 atom stereocenters. The van der Waals surface area contributed by atoms with Gasteiger partial charge in [0, 0.05) is 25.3 Å². The maximum absolute atomic E-state index is 8.96. The standard InChI is InChI=1S/C14H20N4/c1-11(2)18-7-5-12(10-18)9-17-13-4-3-6-16-14(13)8-15/h3-4,6,11-12,17H,5,7,9-10H2,1-2H3. The number of anilines is 1. The average molecular weight is 244 g/mol. The molecule has 4 heteroatoms. The fraction of sp³-hybridized carbons (Fsp3) is 0.571. The van der Waals surface area contributed by atoms with Gasteiger partial charge in [-0.05, 0) is 44.9 Å². The molecule has 0 radical (unpaired) electrons. The molecule has 0 bridgehead atoms. The van der Waals surface area contributed by atoms with Crippen LogP contribution in [0.15, 0.2) is 18.3 Å². The number of rotatable bonds is 4. The number of nitrogens with one attached hydrogen (secondary N) is 1. The van der Waals surface area contributed by atoms with Crippen molar-refractivity contribution in [3.8, 4) is 6.07 Å². The van der Waals surface area contributed by atoms with Crippen LogP contribution < -0.4 is 5.32 Å². The van der Waals surface area contributed by atoms with Gasteiger partial charge in [0.15, 0.2) is 5.69 Å². The molecular formula is C14H20N4. The van der Waals surface area contributed by atoms with E-state index in [0.717, 1.165) is 18.8 Å². The first kappa shape index (κ1) is 12.8. The highest BCUT2D eigenvalue weighted by Crippen LogP contribution is 2.20. The number of hydrogen-bond acceptors (Lipinski definition) is 4. The smallest absolute Gasteiger partial charge is 0.163 e. The zero-order valence-corrected chi connectivity index (χ0v) is 11.1. The van der Waals surface area contributed by atoms with Crippen LogP contribution in [0.3, 0.4) is 0 Å². The van der Waals surface area contributed by atoms with Gasteiger partial charge >= 0.3 is 0 Å². The van der Waals surface area contributed by atoms with Gasteiger partial charge in [-0.2, -0.15) is 5.26 Å². The number of nitrogens with zero attached hydrogens (tertiary/aromatic N) is 3. The van der Waals surface area contributed by atoms with Gasteiger partial charge in [-0.3, -0.25) is 0 Å². The van der Waals surface area contributed by atoms with Crippen LogP contribution in [0.25, 0.3) is 0 Å². The molecule has 1 fully saturated rings. The van der Waals surface area contributed by atoms with Crippen molar-refractivity contribution in [3.05, 3.63) is 24.0 Å². The minimum atomic E-state index is 0.483. The largest absolute Gasteiger partial charge is 0.382 e. The van der Waals surface area contributed by atoms with E-state index in [1.54, 1.807) is 6.20 Å². The molecule has 18 heavy (non-hydrogen) atoms. The van der Waals surface area contributed by atoms with E-state index < -0.39 is 0 Å². The zero-order valence-electron chi connectivity index (χ0n) is 11.1. The van der Waals surface area contributed by atoms with Gasteiger partial charge in [0.1, 0.15) is 6.07 Å². The van der Waals surface area contributed by atoms with E-state index in [9.17, 15) is 0 Å². The van der Waals surface area contributed by atoms with Gasteiger partial charge in [-0.1, -0.05) is 0 Å². The first-order valence-electron chi connectivity index (χ1n) is 6.53. The second kappa shape index (κ2) is 5.83. The second-order valence-electron chi connectivity index (χ2n) is 5.14. The summed E-state index contributed by atoms with van der Waals surface area (Å²) in [6.07, 6.45) is 2.88. The molecule has 1 N–H and O–H groups in total. The van der Waals surface area contributed by atoms with Crippen LogP contribution in [0.1, 0.15) is 26.0 Å². The van der Waals surface area contributed by atoms with Crippen LogP contribution in [-0.4, -0.2) is 35.6 Å². The number of nitriles is 1. The van der Waals surface area contributed by atoms with Crippen molar-refractivity contribution in [2.45, 2.75) is 26.3 Å². The summed E-state index contributed by atoms with van der Waals surface area (Å²) in [4.78, 5) is 6.55. The maximum atomic E-state index is 8.96. The van der Waals surface area contributed by atoms with Gasteiger partial charge in [-0.15, -0.1) is 0 Å². The van der Waals surface area contributed by atoms with Crippen LogP contribution in [0.5, 0.6) is 0 Å². The summed E-state index contributed by atoms with van der Waals surface area (Å²) in [5, 5.41) is 12.3. The summed E-state index contributed by atoms with van der Waals surface area (Å²) in [5.41, 5.74) is 1.33. The zero-order chi connectivity index (χ0) is 13.0. The number of pyridine rings is 1. The molecular weight excluding hydrogens is 224 g/mol. The van der Waals surface area contributed by atoms with Gasteiger partial charge in [0.05, 0.1) is 5.69 Å². The molecule has 2 rings (SSSR count). The van der Waals surface area contributed by atoms with Gasteiger partial charge in [0.25, 0.3) is 0 Å². The highest BCUT2D eigenvalue weighted by molar-refractivity contribution is 5.53. The highest BCUT2D eigenvalue weighted by atomic mass is 15.2. The van der Waals surface area contributed by atoms with Gasteiger partial charge in [0.2, 0.25) is 0 Å². The lowest BCUT2D eigenvalue weighted by Gasteiger charge is -2.20. The molecule has 4 nitrogen and oxygen atoms in total. The number of aromatic nitrogens is 1. The molecule has 0 spiro atoms. The summed E-state index contributed by atoms with van der Waals surface area (Å²) in [6, 6.07) is 6.52. The van der Waals surface area contributed by atoms with E-state index in [4.69, 9.17) is 5.26 Å². The van der Waals surface area contributed by atoms with E-state index >= 15 is 0 Å². The minimum absolute atomic E-state index is 0.483. The van der Waals surface area contributed by atoms with Gasteiger partial charge in [-0.25, -0.2) is 4.98 Å². The summed E-state index contributed by atoms with van der Waals surface area (Å²) in [7, 11) is 0. The molecule has 1 aromatic heterocycles. The van der Waals surface area contributed by atoms with E-state index in [1.165, 1.54) is 13.0 Å². The van der Waals surface area contributed by atoms with Crippen LogP contribution in [0, 0.1) is 17.2 Å². The molecule has 1 aromatic rings. The predicted octanol–water partition coefficient (Wildman–Crippen LogP) is 2.10. The molecule has 0 aromatic carbocycles. The Morgan fingerprint density at radius 1 is 1.61 bits per heavy atom. The van der Waals surface area contributed by atoms with Crippen molar-refractivity contribution >= 4 is 5.69 Å². The Labute approximate surface area is 109 Å². The molecule has 0 saturated carbocycles. The maximum Gasteiger partial charge on any atom is 0.163 e. The van der Waals surface area contributed by atoms with E-state index in [0.29, 0.717) is 17.7 Å². The fourth-order valence-corrected chi connectivity index (χ4v) is 2.39. The monoisotopic (exact) mass is 244 g/mol. The highest BCUT2D eigenvalue weighted by Gasteiger charge is 2.23. The Bertz CT molecular complexity index is 436. The van der Waals surface area contributed by atoms with Crippen LogP contribution in [0.4, 0.5) is 5.69 Å². The quantitative estimate of drug-likeness (QED) is 0.881. The van der Waals surface area contributed by atoms with Crippen molar-refractivity contribution in [3.63, 3.8) is 0 Å². The SMILES string of the molecule is CC(C)N1CCC(CNc2cccnc2C#N)C1. The second-order valence-corrected chi connectivity index (χ2v) is 5.14. The molecule has 0 amide bonds. The predicted molar refractivity (Wildman–Crippen MR) is 72.3 cm³/mol. The molecule has 96 valence electrons. The van der Waals surface area contributed by atoms with Gasteiger partial charge < -0.3 is 10.2 Å². The third kappa shape index (κ3) is 2.99. The Morgan fingerprint density at radius 2 is 2.44 bits per heavy atom. The number of likely N-dealkylation sites (tertiary alicyclic amines) is 1. The topological polar surface area (TPSA) is 52.0 Å². The average Bonchev–Trinajstić information content (AvgIpc) is 2.85. The Balaban J connectivity index is 1.88. The number of hydrogen-bond donors (Lipinski definition) is 1. The van der Waals surface area contributed by atoms with E-state index in [2.05, 4.69) is 35.1 Å². The normalized spacial score (nSPS) is 20.0. The molecule has 1 unspecified atom stereocenters. The minimum Gasteiger partial charge on any atom is -0.382 e. The summed E-state index contributed by atoms with van der Waals surface area (Å²) in [6.45, 7) is 7.73. The molecule has 2 heterocycles. The first-order chi connectivity index (χ1) is 8.70. The van der Waals surface area contributed by atoms with Crippen molar-refractivity contribution < 1.29 is 0 Å². The summed E-state index contributed by atoms with van der Waals surface area (Å²) < 4.78 is 0. The van der Waals surface area contributed by atoms with Crippen LogP contribution >= 0.6 is 0 Å². The lowest BCUT2D eigenvalue weighted by Crippen LogP contribution is -2.29. The van der Waals surface area contributed by atoms with E-state index in [-0.39, 0.29) is 0 Å². The first-order valence-corrected chi connectivity index (χ1v) is 6.53. The summed E-state index contributed by atoms with van der Waals surface area (Å²) >= 11 is 0. The van der Waals surface area contributed by atoms with Crippen molar-refractivity contribution in [2.24, 2.45) is 5.92 Å². The van der Waals surface area contributed by atoms with Crippen molar-refractivity contribution in [1.82, 2.24) is 9.88 Å².